The second-order valence-electron chi connectivity index (χ2n) is 13.8. The summed E-state index contributed by atoms with van der Waals surface area (Å²) in [6.07, 6.45) is 0. The highest BCUT2D eigenvalue weighted by molar-refractivity contribution is 7.20. The van der Waals surface area contributed by atoms with Crippen LogP contribution in [0.5, 0.6) is 0 Å². The molecule has 9 rings (SSSR count). The molecular weight excluding hydrogens is 681 g/mol. The van der Waals surface area contributed by atoms with Gasteiger partial charge in [0.1, 0.15) is 0 Å². The lowest BCUT2D eigenvalue weighted by Crippen LogP contribution is -2.74. The topological polar surface area (TPSA) is 6.48 Å². The molecule has 0 aromatic heterocycles. The van der Waals surface area contributed by atoms with E-state index < -0.39 is 8.07 Å². The van der Waals surface area contributed by atoms with Crippen LogP contribution in [0.15, 0.2) is 243 Å². The van der Waals surface area contributed by atoms with Crippen LogP contribution in [0.3, 0.4) is 0 Å². The molecule has 262 valence electrons. The van der Waals surface area contributed by atoms with Gasteiger partial charge in [0.15, 0.2) is 8.07 Å². The third-order valence-corrected chi connectivity index (χ3v) is 15.3. The molecule has 0 aliphatic rings. The van der Waals surface area contributed by atoms with Crippen LogP contribution < -0.4 is 30.5 Å². The lowest BCUT2D eigenvalue weighted by molar-refractivity contribution is 1.29. The molecule has 0 unspecified atom stereocenters. The molecule has 0 amide bonds. The van der Waals surface area contributed by atoms with E-state index in [1.54, 1.807) is 0 Å². The van der Waals surface area contributed by atoms with Crippen LogP contribution in [0.2, 0.25) is 0 Å². The molecular formula is C52H40N2Si. The van der Waals surface area contributed by atoms with E-state index in [-0.39, 0.29) is 0 Å². The molecule has 0 spiro atoms. The van der Waals surface area contributed by atoms with Crippen molar-refractivity contribution in [2.45, 2.75) is 0 Å². The highest BCUT2D eigenvalue weighted by atomic mass is 28.3. The van der Waals surface area contributed by atoms with Crippen LogP contribution in [0.25, 0.3) is 10.8 Å². The molecule has 55 heavy (non-hydrogen) atoms. The zero-order chi connectivity index (χ0) is 36.9. The number of anilines is 6. The predicted octanol–water partition coefficient (Wildman–Crippen LogP) is 11.2. The van der Waals surface area contributed by atoms with Crippen LogP contribution in [0.4, 0.5) is 34.1 Å². The second-order valence-corrected chi connectivity index (χ2v) is 17.6. The Morgan fingerprint density at radius 3 is 1.00 bits per heavy atom. The van der Waals surface area contributed by atoms with Gasteiger partial charge in [0, 0.05) is 34.1 Å². The first-order valence-corrected chi connectivity index (χ1v) is 20.9. The standard InChI is InChI=1S/C52H40N2Si/c1-6-22-43(23-7-1)53(44-24-8-2-9-25-44)46-28-18-34-51(39-46)55(49-30-12-4-13-31-49,50-32-14-5-15-33-50)52-35-19-29-47(40-52)54(45-26-10-3-11-27-45)48-37-36-41-20-16-17-21-42(41)38-48/h1-40H. The minimum atomic E-state index is -2.96. The number of para-hydroxylation sites is 3. The molecule has 0 aliphatic carbocycles. The van der Waals surface area contributed by atoms with Crippen molar-refractivity contribution >= 4 is 73.7 Å². The van der Waals surface area contributed by atoms with Gasteiger partial charge in [-0.25, -0.2) is 0 Å². The van der Waals surface area contributed by atoms with Gasteiger partial charge < -0.3 is 9.80 Å². The lowest BCUT2D eigenvalue weighted by atomic mass is 10.1. The Labute approximate surface area is 324 Å². The third-order valence-electron chi connectivity index (χ3n) is 10.5. The van der Waals surface area contributed by atoms with E-state index in [0.29, 0.717) is 0 Å². The van der Waals surface area contributed by atoms with E-state index in [4.69, 9.17) is 0 Å². The van der Waals surface area contributed by atoms with Gasteiger partial charge in [0.05, 0.1) is 0 Å². The molecule has 2 nitrogen and oxygen atoms in total. The van der Waals surface area contributed by atoms with Crippen molar-refractivity contribution in [1.82, 2.24) is 0 Å². The summed E-state index contributed by atoms with van der Waals surface area (Å²) in [6.45, 7) is 0. The van der Waals surface area contributed by atoms with E-state index >= 15 is 0 Å². The zero-order valence-corrected chi connectivity index (χ0v) is 31.5. The summed E-state index contributed by atoms with van der Waals surface area (Å²) in [7, 11) is -2.96. The SMILES string of the molecule is c1ccc(N(c2ccccc2)c2cccc([Si](c3ccccc3)(c3ccccc3)c3cccc(N(c4ccccc4)c4ccc5ccccc5c4)c3)c2)cc1. The van der Waals surface area contributed by atoms with E-state index in [9.17, 15) is 0 Å². The van der Waals surface area contributed by atoms with Crippen molar-refractivity contribution in [3.05, 3.63) is 243 Å². The molecule has 0 heterocycles. The summed E-state index contributed by atoms with van der Waals surface area (Å²) in [6, 6.07) is 88.4. The van der Waals surface area contributed by atoms with Crippen LogP contribution in [0.1, 0.15) is 0 Å². The summed E-state index contributed by atoms with van der Waals surface area (Å²) in [5.41, 5.74) is 6.72. The Balaban J connectivity index is 1.30. The van der Waals surface area contributed by atoms with Gasteiger partial charge in [-0.2, -0.15) is 0 Å². The zero-order valence-electron chi connectivity index (χ0n) is 30.5. The van der Waals surface area contributed by atoms with Gasteiger partial charge in [-0.3, -0.25) is 0 Å². The maximum absolute atomic E-state index is 2.96. The third kappa shape index (κ3) is 6.52. The predicted molar refractivity (Wildman–Crippen MR) is 237 cm³/mol. The maximum Gasteiger partial charge on any atom is 0.179 e. The normalized spacial score (nSPS) is 11.3. The van der Waals surface area contributed by atoms with Crippen molar-refractivity contribution in [2.75, 3.05) is 9.80 Å². The molecule has 0 atom stereocenters. The molecule has 0 fully saturated rings. The Hall–Kier alpha value is -6.94. The van der Waals surface area contributed by atoms with Crippen molar-refractivity contribution in [3.8, 4) is 0 Å². The molecule has 0 radical (unpaired) electrons. The Kier molecular flexibility index (Phi) is 9.35. The molecule has 0 N–H and O–H groups in total. The quantitative estimate of drug-likeness (QED) is 0.103. The molecule has 3 heteroatoms. The number of benzene rings is 9. The average Bonchev–Trinajstić information content (AvgIpc) is 3.26. The minimum Gasteiger partial charge on any atom is -0.311 e. The highest BCUT2D eigenvalue weighted by Crippen LogP contribution is 2.37. The number of hydrogen-bond acceptors (Lipinski definition) is 2. The number of rotatable bonds is 10. The Bertz CT molecular complexity index is 2570. The fourth-order valence-corrected chi connectivity index (χ4v) is 12.9. The monoisotopic (exact) mass is 720 g/mol. The van der Waals surface area contributed by atoms with Crippen LogP contribution >= 0.6 is 0 Å². The molecule has 9 aromatic rings. The van der Waals surface area contributed by atoms with Crippen molar-refractivity contribution in [1.29, 1.82) is 0 Å². The number of fused-ring (bicyclic) bond motifs is 1. The van der Waals surface area contributed by atoms with E-state index in [1.807, 2.05) is 0 Å². The fraction of sp³-hybridized carbons (Fsp3) is 0. The largest absolute Gasteiger partial charge is 0.311 e. The van der Waals surface area contributed by atoms with Gasteiger partial charge >= 0.3 is 0 Å². The van der Waals surface area contributed by atoms with E-state index in [1.165, 1.54) is 31.5 Å². The summed E-state index contributed by atoms with van der Waals surface area (Å²) in [5, 5.41) is 7.73. The van der Waals surface area contributed by atoms with Crippen LogP contribution in [-0.4, -0.2) is 8.07 Å². The molecule has 0 saturated heterocycles. The molecule has 0 aliphatic heterocycles. The summed E-state index contributed by atoms with van der Waals surface area (Å²) in [4.78, 5) is 4.76. The second kappa shape index (κ2) is 15.2. The minimum absolute atomic E-state index is 1.12. The smallest absolute Gasteiger partial charge is 0.179 e. The first-order chi connectivity index (χ1) is 27.3. The van der Waals surface area contributed by atoms with Crippen LogP contribution in [-0.2, 0) is 0 Å². The van der Waals surface area contributed by atoms with Gasteiger partial charge in [0.2, 0.25) is 0 Å². The van der Waals surface area contributed by atoms with Crippen molar-refractivity contribution < 1.29 is 0 Å². The Morgan fingerprint density at radius 1 is 0.218 bits per heavy atom. The molecule has 0 bridgehead atoms. The summed E-state index contributed by atoms with van der Waals surface area (Å²) < 4.78 is 0. The lowest BCUT2D eigenvalue weighted by Gasteiger charge is -2.36. The number of hydrogen-bond donors (Lipinski definition) is 0. The average molecular weight is 721 g/mol. The van der Waals surface area contributed by atoms with Crippen molar-refractivity contribution in [2.24, 2.45) is 0 Å². The molecule has 0 saturated carbocycles. The summed E-state index contributed by atoms with van der Waals surface area (Å²) >= 11 is 0. The first kappa shape index (κ1) is 33.9. The van der Waals surface area contributed by atoms with Crippen molar-refractivity contribution in [3.63, 3.8) is 0 Å². The van der Waals surface area contributed by atoms with Crippen LogP contribution in [0, 0.1) is 0 Å². The van der Waals surface area contributed by atoms with Gasteiger partial charge in [-0.1, -0.05) is 170 Å². The highest BCUT2D eigenvalue weighted by Gasteiger charge is 2.42. The number of nitrogens with zero attached hydrogens (tertiary/aromatic N) is 2. The Morgan fingerprint density at radius 2 is 0.545 bits per heavy atom. The van der Waals surface area contributed by atoms with E-state index in [0.717, 1.165) is 34.1 Å². The van der Waals surface area contributed by atoms with E-state index in [2.05, 4.69) is 252 Å². The van der Waals surface area contributed by atoms with Gasteiger partial charge in [0.25, 0.3) is 0 Å². The molecule has 9 aromatic carbocycles. The maximum atomic E-state index is 2.45. The van der Waals surface area contributed by atoms with Gasteiger partial charge in [-0.15, -0.1) is 0 Å². The first-order valence-electron chi connectivity index (χ1n) is 18.9. The van der Waals surface area contributed by atoms with Gasteiger partial charge in [-0.05, 0) is 104 Å². The summed E-state index contributed by atoms with van der Waals surface area (Å²) in [5.74, 6) is 0. The fourth-order valence-electron chi connectivity index (χ4n) is 8.07.